The Morgan fingerprint density at radius 1 is 0.524 bits per heavy atom. The summed E-state index contributed by atoms with van der Waals surface area (Å²) in [6.45, 7) is 19.6. The van der Waals surface area contributed by atoms with Gasteiger partial charge in [-0.25, -0.2) is 23.3 Å². The Morgan fingerprint density at radius 2 is 0.857 bits per heavy atom. The SMILES string of the molecule is CC(C)c1cccc(C(C)C)c1-n1cc[n+](Cc2cccc(C[n+]3ccn(-c4c(C(C)C)cccc4C(C)C)c3)n2)c1. The van der Waals surface area contributed by atoms with Gasteiger partial charge in [0.2, 0.25) is 12.7 Å². The molecule has 5 rings (SSSR count). The van der Waals surface area contributed by atoms with Crippen molar-refractivity contribution in [1.82, 2.24) is 14.1 Å². The number of imidazole rings is 2. The normalized spacial score (nSPS) is 11.9. The fourth-order valence-electron chi connectivity index (χ4n) is 5.94. The lowest BCUT2D eigenvalue weighted by Crippen LogP contribution is -2.34. The van der Waals surface area contributed by atoms with Gasteiger partial charge < -0.3 is 0 Å². The Kier molecular flexibility index (Phi) is 8.77. The summed E-state index contributed by atoms with van der Waals surface area (Å²) in [4.78, 5) is 5.05. The van der Waals surface area contributed by atoms with Crippen LogP contribution in [0.2, 0.25) is 0 Å². The molecule has 5 heteroatoms. The first kappa shape index (κ1) is 29.5. The molecule has 42 heavy (non-hydrogen) atoms. The second kappa shape index (κ2) is 12.5. The fraction of sp³-hybridized carbons (Fsp3) is 0.378. The topological polar surface area (TPSA) is 30.5 Å². The summed E-state index contributed by atoms with van der Waals surface area (Å²) >= 11 is 0. The summed E-state index contributed by atoms with van der Waals surface area (Å²) in [6, 6.07) is 19.8. The molecule has 0 radical (unpaired) electrons. The van der Waals surface area contributed by atoms with Crippen LogP contribution in [0, 0.1) is 0 Å². The van der Waals surface area contributed by atoms with E-state index >= 15 is 0 Å². The highest BCUT2D eigenvalue weighted by Gasteiger charge is 2.22. The second-order valence-corrected chi connectivity index (χ2v) is 12.8. The van der Waals surface area contributed by atoms with Crippen LogP contribution >= 0.6 is 0 Å². The molecule has 0 N–H and O–H groups in total. The number of benzene rings is 2. The van der Waals surface area contributed by atoms with Gasteiger partial charge in [-0.05, 0) is 35.8 Å². The zero-order valence-corrected chi connectivity index (χ0v) is 26.6. The second-order valence-electron chi connectivity index (χ2n) is 12.8. The van der Waals surface area contributed by atoms with Crippen LogP contribution in [0.5, 0.6) is 0 Å². The molecular formula is C37H47N5+2. The molecule has 3 aromatic heterocycles. The molecular weight excluding hydrogens is 514 g/mol. The Morgan fingerprint density at radius 3 is 1.19 bits per heavy atom. The molecule has 3 heterocycles. The Bertz CT molecular complexity index is 1480. The molecule has 2 aromatic carbocycles. The van der Waals surface area contributed by atoms with Crippen LogP contribution in [-0.2, 0) is 13.1 Å². The maximum Gasteiger partial charge on any atom is 0.249 e. The summed E-state index contributed by atoms with van der Waals surface area (Å²) < 4.78 is 9.03. The lowest BCUT2D eigenvalue weighted by molar-refractivity contribution is -0.689. The van der Waals surface area contributed by atoms with Crippen LogP contribution in [-0.4, -0.2) is 14.1 Å². The van der Waals surface area contributed by atoms with Crippen molar-refractivity contribution < 1.29 is 9.13 Å². The van der Waals surface area contributed by atoms with Gasteiger partial charge >= 0.3 is 0 Å². The van der Waals surface area contributed by atoms with E-state index in [1.807, 2.05) is 0 Å². The van der Waals surface area contributed by atoms with Crippen molar-refractivity contribution in [2.45, 2.75) is 92.2 Å². The van der Waals surface area contributed by atoms with Crippen molar-refractivity contribution in [1.29, 1.82) is 0 Å². The van der Waals surface area contributed by atoms with E-state index in [1.54, 1.807) is 0 Å². The first-order chi connectivity index (χ1) is 20.1. The first-order valence-corrected chi connectivity index (χ1v) is 15.5. The molecule has 0 atom stereocenters. The van der Waals surface area contributed by atoms with Gasteiger partial charge in [0.1, 0.15) is 49.3 Å². The maximum absolute atomic E-state index is 5.05. The number of para-hydroxylation sites is 2. The van der Waals surface area contributed by atoms with Gasteiger partial charge in [-0.3, -0.25) is 0 Å². The molecule has 0 fully saturated rings. The molecule has 0 aliphatic carbocycles. The van der Waals surface area contributed by atoms with E-state index in [2.05, 4.69) is 166 Å². The van der Waals surface area contributed by atoms with Crippen LogP contribution in [0.4, 0.5) is 0 Å². The molecule has 5 nitrogen and oxygen atoms in total. The number of hydrogen-bond acceptors (Lipinski definition) is 1. The van der Waals surface area contributed by atoms with Crippen molar-refractivity contribution in [3.8, 4) is 11.4 Å². The van der Waals surface area contributed by atoms with Gasteiger partial charge in [0.05, 0.1) is 11.4 Å². The average Bonchev–Trinajstić information content (AvgIpc) is 3.62. The van der Waals surface area contributed by atoms with Crippen LogP contribution in [0.1, 0.15) is 113 Å². The van der Waals surface area contributed by atoms with E-state index in [1.165, 1.54) is 33.6 Å². The Hall–Kier alpha value is -3.99. The quantitative estimate of drug-likeness (QED) is 0.160. The van der Waals surface area contributed by atoms with Crippen molar-refractivity contribution >= 4 is 0 Å². The van der Waals surface area contributed by atoms with E-state index in [0.717, 1.165) is 24.5 Å². The van der Waals surface area contributed by atoms with E-state index in [9.17, 15) is 0 Å². The zero-order valence-electron chi connectivity index (χ0n) is 26.6. The molecule has 0 saturated carbocycles. The van der Waals surface area contributed by atoms with Gasteiger partial charge in [0, 0.05) is 22.3 Å². The number of aromatic nitrogens is 5. The van der Waals surface area contributed by atoms with Gasteiger partial charge in [-0.2, -0.15) is 0 Å². The third-order valence-electron chi connectivity index (χ3n) is 8.14. The predicted octanol–water partition coefficient (Wildman–Crippen LogP) is 7.83. The van der Waals surface area contributed by atoms with Crippen molar-refractivity contribution in [2.24, 2.45) is 0 Å². The third kappa shape index (κ3) is 6.25. The Balaban J connectivity index is 1.37. The third-order valence-corrected chi connectivity index (χ3v) is 8.14. The summed E-state index contributed by atoms with van der Waals surface area (Å²) in [5.74, 6) is 1.82. The molecule has 5 aromatic rings. The molecule has 0 spiro atoms. The van der Waals surface area contributed by atoms with E-state index < -0.39 is 0 Å². The lowest BCUT2D eigenvalue weighted by atomic mass is 9.92. The largest absolute Gasteiger partial charge is 0.250 e. The minimum atomic E-state index is 0.455. The predicted molar refractivity (Wildman–Crippen MR) is 171 cm³/mol. The highest BCUT2D eigenvalue weighted by Crippen LogP contribution is 2.32. The number of hydrogen-bond donors (Lipinski definition) is 0. The van der Waals surface area contributed by atoms with E-state index in [-0.39, 0.29) is 0 Å². The lowest BCUT2D eigenvalue weighted by Gasteiger charge is -2.16. The van der Waals surface area contributed by atoms with Crippen LogP contribution in [0.3, 0.4) is 0 Å². The molecule has 218 valence electrons. The van der Waals surface area contributed by atoms with Crippen LogP contribution in [0.15, 0.2) is 92.0 Å². The highest BCUT2D eigenvalue weighted by molar-refractivity contribution is 5.52. The molecule has 0 aliphatic rings. The fourth-order valence-corrected chi connectivity index (χ4v) is 5.94. The maximum atomic E-state index is 5.05. The number of pyridine rings is 1. The van der Waals surface area contributed by atoms with Gasteiger partial charge in [0.25, 0.3) is 0 Å². The van der Waals surface area contributed by atoms with E-state index in [4.69, 9.17) is 4.98 Å². The summed E-state index contributed by atoms with van der Waals surface area (Å²) in [5, 5.41) is 0. The van der Waals surface area contributed by atoms with Crippen molar-refractivity contribution in [2.75, 3.05) is 0 Å². The van der Waals surface area contributed by atoms with E-state index in [0.29, 0.717) is 23.7 Å². The monoisotopic (exact) mass is 561 g/mol. The average molecular weight is 562 g/mol. The van der Waals surface area contributed by atoms with Gasteiger partial charge in [0.15, 0.2) is 0 Å². The van der Waals surface area contributed by atoms with Crippen molar-refractivity contribution in [3.63, 3.8) is 0 Å². The van der Waals surface area contributed by atoms with Crippen LogP contribution in [0.25, 0.3) is 11.4 Å². The van der Waals surface area contributed by atoms with Gasteiger partial charge in [-0.1, -0.05) is 97.9 Å². The Labute approximate surface area is 252 Å². The summed E-state index contributed by atoms with van der Waals surface area (Å²) in [7, 11) is 0. The molecule has 0 amide bonds. The van der Waals surface area contributed by atoms with Crippen LogP contribution < -0.4 is 9.13 Å². The number of rotatable bonds is 10. The molecule has 0 aliphatic heterocycles. The van der Waals surface area contributed by atoms with Gasteiger partial charge in [-0.15, -0.1) is 0 Å². The minimum Gasteiger partial charge on any atom is -0.250 e. The first-order valence-electron chi connectivity index (χ1n) is 15.5. The number of nitrogens with zero attached hydrogens (tertiary/aromatic N) is 5. The smallest absolute Gasteiger partial charge is 0.249 e. The zero-order chi connectivity index (χ0) is 30.0. The highest BCUT2D eigenvalue weighted by atomic mass is 15.1. The molecule has 0 saturated heterocycles. The standard InChI is InChI=1S/C37H47N5/c1-26(2)32-14-10-15-33(27(3)4)36(32)41-20-18-39(24-41)22-30-12-9-13-31(38-30)23-40-19-21-42(25-40)37-34(28(5)6)16-11-17-35(37)29(7)8/h9-21,24-29H,22-23H2,1-8H3/q+2. The summed E-state index contributed by atoms with van der Waals surface area (Å²) in [6.07, 6.45) is 13.1. The van der Waals surface area contributed by atoms with Crippen molar-refractivity contribution in [3.05, 3.63) is 126 Å². The molecule has 0 bridgehead atoms. The summed E-state index contributed by atoms with van der Waals surface area (Å²) in [5.41, 5.74) is 10.3. The minimum absolute atomic E-state index is 0.455. The molecule has 0 unspecified atom stereocenters.